The highest BCUT2D eigenvalue weighted by Crippen LogP contribution is 2.22. The number of nitrogens with one attached hydrogen (secondary N) is 11. The standard InChI is InChI=1S/C67H104N16O13S/c1-11-37(7)53(64(93)81-55(39(9)13-3)65(94)82-56(66(95)96)40(10)14-4)78-50(84)33-73-58(87)46(26-20-28-71-67(69)70)75-63(92)54(38(8)12-2)80-62(91)52(36(5)6)79-60(89)48(31-42-32-72-45-25-19-18-24-43(42)45)76-59(88)47(30-41-22-16-15-17-23-41)77-61(90)49-27-21-29-83(49)51(85)34-74-57(86)44(68)35-97/h15-19,22-25,32,36-40,44,46-49,52-56,72,97H,11-14,20-21,26-31,33-35,68H2,1-10H3,(H,73,87)(H,74,86)(H,75,92)(H,76,88)(H,77,90)(H,78,84)(H,79,89)(H,80,91)(H,81,93)(H,82,94)(H,95,96)(H4,69,70,71)/t37-,38-,39-,40-,44-,46-,47-,48-,49-,52-,53-,54-,55-,56-/m0/s1. The highest BCUT2D eigenvalue weighted by Gasteiger charge is 2.40. The van der Waals surface area contributed by atoms with Crippen LogP contribution in [-0.2, 0) is 70.4 Å². The van der Waals surface area contributed by atoms with Gasteiger partial charge in [0.15, 0.2) is 5.96 Å². The molecule has 29 nitrogen and oxygen atoms in total. The number of aliphatic carboxylic acids is 1. The van der Waals surface area contributed by atoms with Crippen LogP contribution in [0.2, 0.25) is 0 Å². The normalized spacial score (nSPS) is 16.9. The van der Waals surface area contributed by atoms with Gasteiger partial charge in [0.1, 0.15) is 54.4 Å². The minimum atomic E-state index is -1.39. The SMILES string of the molecule is CC[C@H](C)[C@H](NC(=O)[C@@H](NC(=O)[C@@H](NC(=O)CNC(=O)[C@H](CCCN=C(N)N)NC(=O)[C@@H](NC(=O)[C@@H](NC(=O)[C@H](Cc1c[nH]c2ccccc12)NC(=O)[C@H](Cc1ccccc1)NC(=O)[C@@H]1CCCN1C(=O)CNC(=O)[C@@H](N)CS)C(C)C)[C@@H](C)CC)[C@@H](C)CC)[C@@H](C)CC)C(=O)O. The predicted molar refractivity (Wildman–Crippen MR) is 370 cm³/mol. The molecule has 14 atom stereocenters. The minimum Gasteiger partial charge on any atom is -0.480 e. The van der Waals surface area contributed by atoms with Gasteiger partial charge in [-0.3, -0.25) is 57.7 Å². The summed E-state index contributed by atoms with van der Waals surface area (Å²) < 4.78 is 0. The monoisotopic (exact) mass is 1370 g/mol. The Morgan fingerprint density at radius 1 is 0.588 bits per heavy atom. The summed E-state index contributed by atoms with van der Waals surface area (Å²) >= 11 is 4.04. The number of likely N-dealkylation sites (tertiary alicyclic amines) is 1. The van der Waals surface area contributed by atoms with Crippen molar-refractivity contribution in [1.82, 2.24) is 63.1 Å². The van der Waals surface area contributed by atoms with Crippen molar-refractivity contribution in [2.75, 3.05) is 31.9 Å². The summed E-state index contributed by atoms with van der Waals surface area (Å²) in [6, 6.07) is 3.90. The van der Waals surface area contributed by atoms with Crippen LogP contribution >= 0.6 is 12.6 Å². The Hall–Kier alpha value is -8.80. The molecule has 4 rings (SSSR count). The Kier molecular flexibility index (Phi) is 33.3. The lowest BCUT2D eigenvalue weighted by Gasteiger charge is -2.31. The number of aromatic amines is 1. The third-order valence-electron chi connectivity index (χ3n) is 17.9. The Morgan fingerprint density at radius 2 is 1.08 bits per heavy atom. The molecule has 97 heavy (non-hydrogen) atoms. The van der Waals surface area contributed by atoms with Crippen LogP contribution < -0.4 is 70.4 Å². The molecule has 30 heteroatoms. The van der Waals surface area contributed by atoms with E-state index in [4.69, 9.17) is 17.2 Å². The molecule has 0 spiro atoms. The zero-order valence-electron chi connectivity index (χ0n) is 57.5. The maximum atomic E-state index is 15.0. The number of rotatable bonds is 40. The molecule has 1 aliphatic rings. The second-order valence-corrected chi connectivity index (χ2v) is 25.8. The first-order chi connectivity index (χ1) is 46.0. The number of para-hydroxylation sites is 1. The lowest BCUT2D eigenvalue weighted by Crippen LogP contribution is -2.62. The van der Waals surface area contributed by atoms with E-state index in [1.54, 1.807) is 106 Å². The van der Waals surface area contributed by atoms with Gasteiger partial charge >= 0.3 is 5.97 Å². The topological polar surface area (TPSA) is 455 Å². The number of hydrogen-bond acceptors (Lipinski definition) is 15. The number of thiol groups is 1. The first-order valence-corrected chi connectivity index (χ1v) is 34.1. The van der Waals surface area contributed by atoms with E-state index in [1.807, 2.05) is 24.3 Å². The van der Waals surface area contributed by atoms with E-state index in [0.717, 1.165) is 10.9 Å². The van der Waals surface area contributed by atoms with Crippen LogP contribution in [0.15, 0.2) is 65.8 Å². The smallest absolute Gasteiger partial charge is 0.326 e. The molecule has 1 saturated heterocycles. The molecular formula is C67H104N16O13S. The molecular weight excluding hydrogens is 1270 g/mol. The molecule has 1 aromatic heterocycles. The number of amides is 11. The number of guanidine groups is 1. The molecule has 0 radical (unpaired) electrons. The third-order valence-corrected chi connectivity index (χ3v) is 18.3. The van der Waals surface area contributed by atoms with Crippen molar-refractivity contribution >= 4 is 100 Å². The van der Waals surface area contributed by atoms with Gasteiger partial charge in [0.2, 0.25) is 65.0 Å². The minimum absolute atomic E-state index is 0.0380. The number of hydrogen-bond donors (Lipinski definition) is 16. The van der Waals surface area contributed by atoms with Crippen molar-refractivity contribution in [2.45, 2.75) is 194 Å². The molecule has 0 saturated carbocycles. The Balaban J connectivity index is 1.59. The van der Waals surface area contributed by atoms with Crippen LogP contribution in [0.3, 0.4) is 0 Å². The molecule has 1 aliphatic heterocycles. The van der Waals surface area contributed by atoms with E-state index in [9.17, 15) is 62.6 Å². The quantitative estimate of drug-likeness (QED) is 0.0157. The molecule has 2 aromatic carbocycles. The fourth-order valence-corrected chi connectivity index (χ4v) is 11.2. The molecule has 18 N–H and O–H groups in total. The summed E-state index contributed by atoms with van der Waals surface area (Å²) in [6.07, 6.45) is 4.00. The largest absolute Gasteiger partial charge is 0.480 e. The van der Waals surface area contributed by atoms with E-state index in [-0.39, 0.29) is 56.9 Å². The molecule has 0 aliphatic carbocycles. The number of H-pyrrole nitrogens is 1. The van der Waals surface area contributed by atoms with Gasteiger partial charge in [-0.05, 0) is 72.5 Å². The van der Waals surface area contributed by atoms with Gasteiger partial charge < -0.3 is 85.4 Å². The van der Waals surface area contributed by atoms with Crippen LogP contribution in [0.5, 0.6) is 0 Å². The van der Waals surface area contributed by atoms with Gasteiger partial charge in [-0.1, -0.05) is 143 Å². The van der Waals surface area contributed by atoms with Gasteiger partial charge in [-0.25, -0.2) is 4.79 Å². The van der Waals surface area contributed by atoms with Crippen LogP contribution in [0.4, 0.5) is 0 Å². The second kappa shape index (κ2) is 40.0. The van der Waals surface area contributed by atoms with Crippen molar-refractivity contribution in [2.24, 2.45) is 51.8 Å². The van der Waals surface area contributed by atoms with Crippen molar-refractivity contribution < 1.29 is 62.6 Å². The highest BCUT2D eigenvalue weighted by atomic mass is 32.1. The number of carbonyl (C=O) groups is 12. The van der Waals surface area contributed by atoms with Gasteiger partial charge in [0.25, 0.3) is 0 Å². The van der Waals surface area contributed by atoms with E-state index >= 15 is 0 Å². The number of carboxylic acids is 1. The van der Waals surface area contributed by atoms with Crippen LogP contribution in [0.1, 0.15) is 132 Å². The van der Waals surface area contributed by atoms with Crippen LogP contribution in [0.25, 0.3) is 10.9 Å². The highest BCUT2D eigenvalue weighted by molar-refractivity contribution is 7.80. The van der Waals surface area contributed by atoms with Gasteiger partial charge in [0.05, 0.1) is 19.1 Å². The Morgan fingerprint density at radius 3 is 1.65 bits per heavy atom. The van der Waals surface area contributed by atoms with Crippen molar-refractivity contribution in [3.05, 3.63) is 71.9 Å². The molecule has 3 aromatic rings. The lowest BCUT2D eigenvalue weighted by molar-refractivity contribution is -0.144. The number of benzene rings is 2. The fourth-order valence-electron chi connectivity index (χ4n) is 11.0. The molecule has 1 fully saturated rings. The summed E-state index contributed by atoms with van der Waals surface area (Å²) in [7, 11) is 0. The van der Waals surface area contributed by atoms with Crippen LogP contribution in [0, 0.1) is 29.6 Å². The maximum Gasteiger partial charge on any atom is 0.326 e. The summed E-state index contributed by atoms with van der Waals surface area (Å²) in [5.74, 6) is -11.9. The Labute approximate surface area is 573 Å². The maximum absolute atomic E-state index is 15.0. The second-order valence-electron chi connectivity index (χ2n) is 25.5. The first-order valence-electron chi connectivity index (χ1n) is 33.5. The number of nitrogens with two attached hydrogens (primary N) is 3. The molecule has 0 bridgehead atoms. The predicted octanol–water partition coefficient (Wildman–Crippen LogP) is 0.291. The number of aliphatic imine (C=N–C) groups is 1. The summed E-state index contributed by atoms with van der Waals surface area (Å²) in [6.45, 7) is 16.5. The fraction of sp³-hybridized carbons (Fsp3) is 0.597. The van der Waals surface area contributed by atoms with Crippen molar-refractivity contribution in [3.63, 3.8) is 0 Å². The number of carboxylic acid groups (broad SMARTS) is 1. The van der Waals surface area contributed by atoms with Crippen LogP contribution in [-0.4, -0.2) is 184 Å². The van der Waals surface area contributed by atoms with E-state index in [1.165, 1.54) is 4.90 Å². The first kappa shape index (κ1) is 80.6. The third kappa shape index (κ3) is 24.7. The van der Waals surface area contributed by atoms with E-state index in [2.05, 4.69) is 75.8 Å². The molecule has 0 unspecified atom stereocenters. The number of aromatic nitrogens is 1. The summed E-state index contributed by atoms with van der Waals surface area (Å²) in [4.78, 5) is 175. The van der Waals surface area contributed by atoms with E-state index in [0.29, 0.717) is 43.2 Å². The molecule has 11 amide bonds. The zero-order chi connectivity index (χ0) is 72.2. The summed E-state index contributed by atoms with van der Waals surface area (Å²) in [5, 5.41) is 37.7. The average Bonchev–Trinajstić information content (AvgIpc) is 1.61. The molecule has 536 valence electrons. The van der Waals surface area contributed by atoms with Crippen molar-refractivity contribution in [3.8, 4) is 0 Å². The van der Waals surface area contributed by atoms with Gasteiger partial charge in [-0.2, -0.15) is 12.6 Å². The number of carbonyl (C=O) groups excluding carboxylic acids is 11. The molecule has 2 heterocycles. The average molecular weight is 1370 g/mol. The lowest BCUT2D eigenvalue weighted by atomic mass is 9.93. The number of nitrogens with zero attached hydrogens (tertiary/aromatic N) is 2. The summed E-state index contributed by atoms with van der Waals surface area (Å²) in [5.41, 5.74) is 19.0. The zero-order valence-corrected chi connectivity index (χ0v) is 58.4. The van der Waals surface area contributed by atoms with Gasteiger partial charge in [-0.15, -0.1) is 0 Å². The van der Waals surface area contributed by atoms with Gasteiger partial charge in [0, 0.05) is 48.8 Å². The van der Waals surface area contributed by atoms with Crippen molar-refractivity contribution in [1.29, 1.82) is 0 Å². The van der Waals surface area contributed by atoms with E-state index < -0.39 is 174 Å². The Bertz CT molecular complexity index is 3200. The number of fused-ring (bicyclic) bond motifs is 1.